The van der Waals surface area contributed by atoms with Crippen molar-refractivity contribution in [1.29, 1.82) is 0 Å². The van der Waals surface area contributed by atoms with Gasteiger partial charge in [0.1, 0.15) is 18.4 Å². The summed E-state index contributed by atoms with van der Waals surface area (Å²) in [7, 11) is 1.66. The van der Waals surface area contributed by atoms with E-state index in [2.05, 4.69) is 36.4 Å². The average molecular weight is 615 g/mol. The summed E-state index contributed by atoms with van der Waals surface area (Å²) >= 11 is 0. The number of alkyl halides is 1. The van der Waals surface area contributed by atoms with Crippen molar-refractivity contribution in [2.75, 3.05) is 13.7 Å². The summed E-state index contributed by atoms with van der Waals surface area (Å²) < 4.78 is 17.8. The van der Waals surface area contributed by atoms with Gasteiger partial charge >= 0.3 is 0 Å². The maximum atomic E-state index is 15.7. The Balaban J connectivity index is 1.52. The van der Waals surface area contributed by atoms with E-state index in [0.29, 0.717) is 11.3 Å². The summed E-state index contributed by atoms with van der Waals surface area (Å²) in [5.41, 5.74) is 0.821. The Hall–Kier alpha value is -5.04. The highest BCUT2D eigenvalue weighted by Crippen LogP contribution is 2.44. The van der Waals surface area contributed by atoms with E-state index in [1.807, 2.05) is 92.2 Å². The second kappa shape index (κ2) is 12.0. The van der Waals surface area contributed by atoms with Crippen LogP contribution >= 0.6 is 0 Å². The molecule has 46 heavy (non-hydrogen) atoms. The number of hydrogen-bond acceptors (Lipinski definition) is 3. The number of carbonyl (C=O) groups excluding carboxylic acids is 2. The van der Waals surface area contributed by atoms with Crippen molar-refractivity contribution in [1.82, 2.24) is 19.4 Å². The van der Waals surface area contributed by atoms with Crippen molar-refractivity contribution in [2.24, 2.45) is 5.41 Å². The molecule has 2 unspecified atom stereocenters. The molecule has 1 fully saturated rings. The van der Waals surface area contributed by atoms with E-state index in [9.17, 15) is 9.59 Å². The summed E-state index contributed by atoms with van der Waals surface area (Å²) in [5, 5.41) is 0. The van der Waals surface area contributed by atoms with Crippen LogP contribution in [0.5, 0.6) is 0 Å². The highest BCUT2D eigenvalue weighted by Gasteiger charge is 2.61. The van der Waals surface area contributed by atoms with Crippen molar-refractivity contribution >= 4 is 11.8 Å². The van der Waals surface area contributed by atoms with Gasteiger partial charge in [-0.2, -0.15) is 0 Å². The van der Waals surface area contributed by atoms with Crippen molar-refractivity contribution < 1.29 is 14.0 Å². The molecule has 0 radical (unpaired) electrons. The molecule has 0 aliphatic carbocycles. The van der Waals surface area contributed by atoms with Crippen molar-refractivity contribution in [3.63, 3.8) is 0 Å². The molecule has 2 heterocycles. The highest BCUT2D eigenvalue weighted by atomic mass is 19.1. The standard InChI is InChI=1S/C39H39FN4O2/c1-37(2,3)35-42(4)36(46)38(27-40,44(35)34(45)29-17-9-5-10-18-29)25-33-26-43(28-41-33)39(30-19-11-6-12-20-30,31-21-13-7-14-22-31)32-23-15-8-16-24-32/h5-24,26,28,35H,25,27H2,1-4H3. The minimum Gasteiger partial charge on any atom is -0.322 e. The largest absolute Gasteiger partial charge is 0.322 e. The van der Waals surface area contributed by atoms with Crippen LogP contribution in [0.1, 0.15) is 53.5 Å². The Morgan fingerprint density at radius 1 is 0.783 bits per heavy atom. The molecule has 1 saturated heterocycles. The van der Waals surface area contributed by atoms with Gasteiger partial charge in [-0.05, 0) is 28.8 Å². The van der Waals surface area contributed by atoms with E-state index < -0.39 is 35.2 Å². The minimum absolute atomic E-state index is 0.0841. The van der Waals surface area contributed by atoms with E-state index >= 15 is 4.39 Å². The number of halogens is 1. The molecule has 7 heteroatoms. The Morgan fingerprint density at radius 3 is 1.67 bits per heavy atom. The van der Waals surface area contributed by atoms with E-state index in [-0.39, 0.29) is 12.3 Å². The van der Waals surface area contributed by atoms with E-state index in [1.54, 1.807) is 37.6 Å². The van der Waals surface area contributed by atoms with Crippen LogP contribution in [0.4, 0.5) is 4.39 Å². The number of likely N-dealkylation sites (N-methyl/N-ethyl adjacent to an activating group) is 1. The summed E-state index contributed by atoms with van der Waals surface area (Å²) in [6.07, 6.45) is 2.90. The first-order chi connectivity index (χ1) is 22.1. The molecule has 1 aromatic heterocycles. The summed E-state index contributed by atoms with van der Waals surface area (Å²) in [6.45, 7) is 4.84. The molecule has 0 saturated carbocycles. The number of imidazole rings is 1. The maximum Gasteiger partial charge on any atom is 0.256 e. The lowest BCUT2D eigenvalue weighted by Crippen LogP contribution is -2.59. The SMILES string of the molecule is CN1C(=O)C(CF)(Cc2cn(C(c3ccccc3)(c3ccccc3)c3ccccc3)cn2)N(C(=O)c2ccccc2)C1C(C)(C)C. The van der Waals surface area contributed by atoms with Crippen LogP contribution in [0.3, 0.4) is 0 Å². The number of benzene rings is 4. The molecule has 6 nitrogen and oxygen atoms in total. The zero-order valence-electron chi connectivity index (χ0n) is 26.7. The van der Waals surface area contributed by atoms with Gasteiger partial charge < -0.3 is 9.47 Å². The van der Waals surface area contributed by atoms with Gasteiger partial charge in [0.2, 0.25) is 0 Å². The fourth-order valence-corrected chi connectivity index (χ4v) is 7.20. The van der Waals surface area contributed by atoms with Crippen LogP contribution in [0.25, 0.3) is 0 Å². The number of hydrogen-bond donors (Lipinski definition) is 0. The molecule has 0 N–H and O–H groups in total. The third-order valence-corrected chi connectivity index (χ3v) is 9.10. The van der Waals surface area contributed by atoms with Gasteiger partial charge in [0.05, 0.1) is 12.0 Å². The average Bonchev–Trinajstić information content (AvgIpc) is 3.63. The predicted molar refractivity (Wildman–Crippen MR) is 178 cm³/mol. The first kappa shape index (κ1) is 31.0. The zero-order valence-corrected chi connectivity index (χ0v) is 26.7. The molecule has 1 aliphatic heterocycles. The maximum absolute atomic E-state index is 15.7. The van der Waals surface area contributed by atoms with Crippen LogP contribution in [-0.4, -0.2) is 56.6 Å². The van der Waals surface area contributed by atoms with Crippen LogP contribution in [0, 0.1) is 5.41 Å². The first-order valence-electron chi connectivity index (χ1n) is 15.6. The van der Waals surface area contributed by atoms with Gasteiger partial charge in [0.15, 0.2) is 5.54 Å². The lowest BCUT2D eigenvalue weighted by molar-refractivity contribution is -0.133. The summed E-state index contributed by atoms with van der Waals surface area (Å²) in [4.78, 5) is 36.2. The van der Waals surface area contributed by atoms with Gasteiger partial charge in [0, 0.05) is 30.6 Å². The fraction of sp³-hybridized carbons (Fsp3) is 0.256. The van der Waals surface area contributed by atoms with Crippen LogP contribution in [-0.2, 0) is 16.8 Å². The van der Waals surface area contributed by atoms with E-state index in [0.717, 1.165) is 16.7 Å². The van der Waals surface area contributed by atoms with Crippen LogP contribution in [0.2, 0.25) is 0 Å². The van der Waals surface area contributed by atoms with Gasteiger partial charge in [-0.3, -0.25) is 14.5 Å². The number of carbonyl (C=O) groups is 2. The van der Waals surface area contributed by atoms with Gasteiger partial charge in [-0.25, -0.2) is 9.37 Å². The lowest BCUT2D eigenvalue weighted by atomic mass is 9.76. The molecule has 2 atom stereocenters. The molecule has 1 aliphatic rings. The zero-order chi connectivity index (χ0) is 32.5. The molecule has 5 aromatic rings. The topological polar surface area (TPSA) is 58.4 Å². The number of nitrogens with zero attached hydrogens (tertiary/aromatic N) is 4. The molecule has 0 bridgehead atoms. The van der Waals surface area contributed by atoms with Crippen molar-refractivity contribution in [3.05, 3.63) is 162 Å². The number of amides is 2. The molecular weight excluding hydrogens is 575 g/mol. The van der Waals surface area contributed by atoms with Crippen LogP contribution < -0.4 is 0 Å². The quantitative estimate of drug-likeness (QED) is 0.178. The third-order valence-electron chi connectivity index (χ3n) is 9.10. The molecule has 2 amide bonds. The molecular formula is C39H39FN4O2. The molecule has 234 valence electrons. The number of rotatable bonds is 8. The van der Waals surface area contributed by atoms with Gasteiger partial charge in [0.25, 0.3) is 11.8 Å². The van der Waals surface area contributed by atoms with Crippen molar-refractivity contribution in [3.8, 4) is 0 Å². The monoisotopic (exact) mass is 614 g/mol. The molecule has 6 rings (SSSR count). The molecule has 4 aromatic carbocycles. The first-order valence-corrected chi connectivity index (χ1v) is 15.6. The molecule has 0 spiro atoms. The normalized spacial score (nSPS) is 18.6. The Kier molecular flexibility index (Phi) is 8.11. The Bertz CT molecular complexity index is 1710. The predicted octanol–water partition coefficient (Wildman–Crippen LogP) is 6.96. The minimum atomic E-state index is -1.77. The van der Waals surface area contributed by atoms with Crippen molar-refractivity contribution in [2.45, 2.75) is 44.4 Å². The third kappa shape index (κ3) is 5.00. The number of aromatic nitrogens is 2. The Morgan fingerprint density at radius 2 is 1.24 bits per heavy atom. The lowest BCUT2D eigenvalue weighted by Gasteiger charge is -2.42. The summed E-state index contributed by atoms with van der Waals surface area (Å²) in [6, 6.07) is 39.4. The van der Waals surface area contributed by atoms with Gasteiger partial charge in [-0.1, -0.05) is 130 Å². The summed E-state index contributed by atoms with van der Waals surface area (Å²) in [5.74, 6) is -0.822. The Labute approximate surface area is 270 Å². The van der Waals surface area contributed by atoms with Gasteiger partial charge in [-0.15, -0.1) is 0 Å². The smallest absolute Gasteiger partial charge is 0.256 e. The highest BCUT2D eigenvalue weighted by molar-refractivity contribution is 6.02. The second-order valence-corrected chi connectivity index (χ2v) is 13.1. The fourth-order valence-electron chi connectivity index (χ4n) is 7.20. The van der Waals surface area contributed by atoms with E-state index in [4.69, 9.17) is 4.98 Å². The second-order valence-electron chi connectivity index (χ2n) is 13.1. The van der Waals surface area contributed by atoms with E-state index in [1.165, 1.54) is 9.80 Å². The van der Waals surface area contributed by atoms with Crippen LogP contribution in [0.15, 0.2) is 134 Å².